The minimum Gasteiger partial charge on any atom is -0.467 e. The summed E-state index contributed by atoms with van der Waals surface area (Å²) < 4.78 is 60.1. The number of nitrogens with one attached hydrogen (secondary N) is 2. The van der Waals surface area contributed by atoms with Gasteiger partial charge in [0.05, 0.1) is 12.3 Å². The predicted molar refractivity (Wildman–Crippen MR) is 96.1 cm³/mol. The van der Waals surface area contributed by atoms with E-state index in [-0.39, 0.29) is 17.9 Å². The van der Waals surface area contributed by atoms with E-state index >= 15 is 0 Å². The number of hydrogen-bond donors (Lipinski definition) is 2. The largest absolute Gasteiger partial charge is 0.467 e. The van der Waals surface area contributed by atoms with Gasteiger partial charge in [-0.05, 0) is 42.8 Å². The second kappa shape index (κ2) is 6.94. The number of nitrogens with zero attached hydrogens (tertiary/aromatic N) is 2. The average molecular weight is 408 g/mol. The maximum absolute atomic E-state index is 13.6. The summed E-state index contributed by atoms with van der Waals surface area (Å²) in [5, 5.41) is 9.36. The molecule has 0 bridgehead atoms. The van der Waals surface area contributed by atoms with Crippen molar-refractivity contribution in [1.82, 2.24) is 9.78 Å². The Morgan fingerprint density at radius 2 is 2.10 bits per heavy atom. The molecular weight excluding hydrogens is 392 g/mol. The molecule has 4 rings (SSSR count). The maximum atomic E-state index is 13.6. The zero-order chi connectivity index (χ0) is 20.8. The Balaban J connectivity index is 1.64. The van der Waals surface area contributed by atoms with E-state index in [4.69, 9.17) is 4.42 Å². The lowest BCUT2D eigenvalue weighted by Crippen LogP contribution is -2.35. The molecule has 1 amide bonds. The fraction of sp³-hybridized carbons (Fsp3) is 0.263. The summed E-state index contributed by atoms with van der Waals surface area (Å²) >= 11 is 0. The van der Waals surface area contributed by atoms with Crippen LogP contribution in [0.5, 0.6) is 0 Å². The van der Waals surface area contributed by atoms with E-state index in [1.165, 1.54) is 30.5 Å². The smallest absolute Gasteiger partial charge is 0.410 e. The molecule has 1 aromatic carbocycles. The lowest BCUT2D eigenvalue weighted by molar-refractivity contribution is -0.174. The van der Waals surface area contributed by atoms with Crippen LogP contribution in [-0.4, -0.2) is 21.9 Å². The zero-order valence-corrected chi connectivity index (χ0v) is 15.1. The van der Waals surface area contributed by atoms with E-state index in [0.29, 0.717) is 17.0 Å². The van der Waals surface area contributed by atoms with Crippen molar-refractivity contribution in [3.63, 3.8) is 0 Å². The summed E-state index contributed by atoms with van der Waals surface area (Å²) in [6.45, 7) is 1.60. The standard InChI is InChI=1S/C19H16F4N4O2/c1-10-7-11(20)4-5-12(10)25-18(28)14-9-17-24-13(15-3-2-6-29-15)8-16(19(21,22)23)27(17)26-14/h2-7,9,13,16,24H,8H2,1H3,(H,25,28). The molecule has 2 unspecified atom stereocenters. The highest BCUT2D eigenvalue weighted by Gasteiger charge is 2.47. The molecule has 1 aliphatic rings. The first-order chi connectivity index (χ1) is 13.7. The van der Waals surface area contributed by atoms with Crippen molar-refractivity contribution in [1.29, 1.82) is 0 Å². The molecule has 0 aliphatic carbocycles. The second-order valence-corrected chi connectivity index (χ2v) is 6.78. The average Bonchev–Trinajstić information content (AvgIpc) is 3.31. The quantitative estimate of drug-likeness (QED) is 0.609. The zero-order valence-electron chi connectivity index (χ0n) is 15.1. The lowest BCUT2D eigenvalue weighted by Gasteiger charge is -2.32. The lowest BCUT2D eigenvalue weighted by atomic mass is 10.0. The molecule has 3 aromatic rings. The van der Waals surface area contributed by atoms with Gasteiger partial charge in [-0.2, -0.15) is 18.3 Å². The third-order valence-corrected chi connectivity index (χ3v) is 4.75. The minimum absolute atomic E-state index is 0.0564. The molecular formula is C19H16F4N4O2. The fourth-order valence-corrected chi connectivity index (χ4v) is 3.31. The molecule has 0 fully saturated rings. The predicted octanol–water partition coefficient (Wildman–Crippen LogP) is 4.84. The van der Waals surface area contributed by atoms with E-state index < -0.39 is 30.0 Å². The number of carbonyl (C=O) groups excluding carboxylic acids is 1. The molecule has 2 N–H and O–H groups in total. The first-order valence-electron chi connectivity index (χ1n) is 8.76. The Kier molecular flexibility index (Phi) is 4.56. The van der Waals surface area contributed by atoms with E-state index in [0.717, 1.165) is 4.68 Å². The molecule has 10 heteroatoms. The van der Waals surface area contributed by atoms with Crippen LogP contribution in [-0.2, 0) is 0 Å². The topological polar surface area (TPSA) is 72.1 Å². The Labute approximate surface area is 162 Å². The number of aryl methyl sites for hydroxylation is 1. The highest BCUT2D eigenvalue weighted by atomic mass is 19.4. The minimum atomic E-state index is -4.56. The van der Waals surface area contributed by atoms with Crippen LogP contribution in [0.2, 0.25) is 0 Å². The van der Waals surface area contributed by atoms with Gasteiger partial charge < -0.3 is 15.1 Å². The van der Waals surface area contributed by atoms with Crippen molar-refractivity contribution in [2.24, 2.45) is 0 Å². The van der Waals surface area contributed by atoms with E-state index in [9.17, 15) is 22.4 Å². The molecule has 2 atom stereocenters. The maximum Gasteiger partial charge on any atom is 0.410 e. The number of alkyl halides is 3. The first kappa shape index (κ1) is 19.0. The molecule has 3 heterocycles. The van der Waals surface area contributed by atoms with Crippen molar-refractivity contribution in [2.45, 2.75) is 31.6 Å². The van der Waals surface area contributed by atoms with E-state index in [2.05, 4.69) is 15.7 Å². The Hall–Kier alpha value is -3.30. The normalized spacial score (nSPS) is 18.8. The van der Waals surface area contributed by atoms with Crippen LogP contribution in [0, 0.1) is 12.7 Å². The van der Waals surface area contributed by atoms with Gasteiger partial charge in [-0.15, -0.1) is 0 Å². The molecule has 152 valence electrons. The van der Waals surface area contributed by atoms with Gasteiger partial charge in [-0.25, -0.2) is 9.07 Å². The summed E-state index contributed by atoms with van der Waals surface area (Å²) in [4.78, 5) is 12.5. The van der Waals surface area contributed by atoms with Crippen LogP contribution in [0.4, 0.5) is 29.1 Å². The molecule has 2 aromatic heterocycles. The van der Waals surface area contributed by atoms with E-state index in [1.54, 1.807) is 19.1 Å². The van der Waals surface area contributed by atoms with Gasteiger partial charge in [-0.3, -0.25) is 4.79 Å². The number of furan rings is 1. The van der Waals surface area contributed by atoms with Crippen molar-refractivity contribution < 1.29 is 26.8 Å². The number of hydrogen-bond acceptors (Lipinski definition) is 4. The van der Waals surface area contributed by atoms with Crippen LogP contribution < -0.4 is 10.6 Å². The van der Waals surface area contributed by atoms with Gasteiger partial charge in [0, 0.05) is 18.2 Å². The number of benzene rings is 1. The van der Waals surface area contributed by atoms with Gasteiger partial charge in [0.2, 0.25) is 0 Å². The molecule has 29 heavy (non-hydrogen) atoms. The van der Waals surface area contributed by atoms with Gasteiger partial charge in [0.1, 0.15) is 17.4 Å². The van der Waals surface area contributed by atoms with Crippen LogP contribution in [0.1, 0.15) is 40.3 Å². The number of halogens is 4. The number of aromatic nitrogens is 2. The summed E-state index contributed by atoms with van der Waals surface area (Å²) in [6, 6.07) is 5.60. The number of rotatable bonds is 3. The third kappa shape index (κ3) is 3.69. The second-order valence-electron chi connectivity index (χ2n) is 6.78. The highest BCUT2D eigenvalue weighted by Crippen LogP contribution is 2.43. The summed E-state index contributed by atoms with van der Waals surface area (Å²) in [5.74, 6) is -0.737. The number of anilines is 2. The summed E-state index contributed by atoms with van der Waals surface area (Å²) in [7, 11) is 0. The van der Waals surface area contributed by atoms with Crippen LogP contribution >= 0.6 is 0 Å². The highest BCUT2D eigenvalue weighted by molar-refractivity contribution is 6.03. The SMILES string of the molecule is Cc1cc(F)ccc1NC(=O)c1cc2n(n1)C(C(F)(F)F)CC(c1ccco1)N2. The van der Waals surface area contributed by atoms with Crippen molar-refractivity contribution >= 4 is 17.4 Å². The molecule has 0 saturated carbocycles. The molecule has 0 saturated heterocycles. The van der Waals surface area contributed by atoms with Gasteiger partial charge >= 0.3 is 6.18 Å². The molecule has 6 nitrogen and oxygen atoms in total. The van der Waals surface area contributed by atoms with E-state index in [1.807, 2.05) is 0 Å². The van der Waals surface area contributed by atoms with Crippen LogP contribution in [0.15, 0.2) is 47.1 Å². The number of carbonyl (C=O) groups is 1. The number of fused-ring (bicyclic) bond motifs is 1. The van der Waals surface area contributed by atoms with Crippen molar-refractivity contribution in [3.8, 4) is 0 Å². The monoisotopic (exact) mass is 408 g/mol. The molecule has 1 aliphatic heterocycles. The van der Waals surface area contributed by atoms with Gasteiger partial charge in [-0.1, -0.05) is 0 Å². The van der Waals surface area contributed by atoms with Crippen molar-refractivity contribution in [3.05, 3.63) is 65.5 Å². The fourth-order valence-electron chi connectivity index (χ4n) is 3.31. The summed E-state index contributed by atoms with van der Waals surface area (Å²) in [5.41, 5.74) is 0.633. The van der Waals surface area contributed by atoms with Crippen LogP contribution in [0.3, 0.4) is 0 Å². The number of amides is 1. The van der Waals surface area contributed by atoms with Crippen molar-refractivity contribution in [2.75, 3.05) is 10.6 Å². The summed E-state index contributed by atoms with van der Waals surface area (Å²) in [6.07, 6.45) is -3.51. The van der Waals surface area contributed by atoms with Crippen LogP contribution in [0.25, 0.3) is 0 Å². The first-order valence-corrected chi connectivity index (χ1v) is 8.76. The Bertz CT molecular complexity index is 1040. The molecule has 0 spiro atoms. The Morgan fingerprint density at radius 1 is 1.31 bits per heavy atom. The van der Waals surface area contributed by atoms with Gasteiger partial charge in [0.15, 0.2) is 11.7 Å². The molecule has 0 radical (unpaired) electrons. The third-order valence-electron chi connectivity index (χ3n) is 4.75. The van der Waals surface area contributed by atoms with Gasteiger partial charge in [0.25, 0.3) is 5.91 Å². The Morgan fingerprint density at radius 3 is 2.76 bits per heavy atom.